The molecule has 174 valence electrons. The highest BCUT2D eigenvalue weighted by Crippen LogP contribution is 2.32. The number of hydrogen-bond acceptors (Lipinski definition) is 6. The molecule has 1 atom stereocenters. The van der Waals surface area contributed by atoms with Gasteiger partial charge in [0.15, 0.2) is 0 Å². The van der Waals surface area contributed by atoms with Crippen LogP contribution in [-0.4, -0.2) is 69.3 Å². The molecule has 5 heterocycles. The van der Waals surface area contributed by atoms with Crippen LogP contribution >= 0.6 is 0 Å². The summed E-state index contributed by atoms with van der Waals surface area (Å²) in [5.74, 6) is 2.13. The summed E-state index contributed by atoms with van der Waals surface area (Å²) in [5, 5.41) is 0. The van der Waals surface area contributed by atoms with Gasteiger partial charge >= 0.3 is 0 Å². The number of pyridine rings is 1. The molecule has 0 bridgehead atoms. The molecule has 3 aliphatic heterocycles. The summed E-state index contributed by atoms with van der Waals surface area (Å²) in [7, 11) is 0. The Hall–Kier alpha value is -3.03. The van der Waals surface area contributed by atoms with E-state index in [1.54, 1.807) is 4.90 Å². The Morgan fingerprint density at radius 1 is 1.06 bits per heavy atom. The van der Waals surface area contributed by atoms with Crippen LogP contribution in [0.5, 0.6) is 0 Å². The molecule has 2 fully saturated rings. The summed E-state index contributed by atoms with van der Waals surface area (Å²) in [6, 6.07) is 6.01. The first-order valence-corrected chi connectivity index (χ1v) is 12.2. The molecule has 8 nitrogen and oxygen atoms in total. The Balaban J connectivity index is 1.33. The van der Waals surface area contributed by atoms with Gasteiger partial charge in [0.25, 0.3) is 0 Å². The normalized spacial score (nSPS) is 20.8. The van der Waals surface area contributed by atoms with Crippen molar-refractivity contribution < 1.29 is 9.59 Å². The van der Waals surface area contributed by atoms with Crippen molar-refractivity contribution in [3.05, 3.63) is 47.2 Å². The lowest BCUT2D eigenvalue weighted by Gasteiger charge is -2.35. The summed E-state index contributed by atoms with van der Waals surface area (Å²) in [6.45, 7) is 6.04. The van der Waals surface area contributed by atoms with Gasteiger partial charge in [-0.1, -0.05) is 6.07 Å². The third-order valence-corrected chi connectivity index (χ3v) is 7.08. The van der Waals surface area contributed by atoms with Crippen molar-refractivity contribution in [1.82, 2.24) is 24.8 Å². The predicted molar refractivity (Wildman–Crippen MR) is 125 cm³/mol. The van der Waals surface area contributed by atoms with Gasteiger partial charge in [0.2, 0.25) is 11.8 Å². The van der Waals surface area contributed by atoms with E-state index >= 15 is 0 Å². The molecule has 5 rings (SSSR count). The van der Waals surface area contributed by atoms with E-state index in [0.717, 1.165) is 74.8 Å². The van der Waals surface area contributed by atoms with Gasteiger partial charge in [0.1, 0.15) is 11.6 Å². The maximum atomic E-state index is 12.9. The fraction of sp³-hybridized carbons (Fsp3) is 0.560. The second kappa shape index (κ2) is 9.45. The molecule has 0 aliphatic carbocycles. The summed E-state index contributed by atoms with van der Waals surface area (Å²) in [5.41, 5.74) is 3.32. The number of hydrogen-bond donors (Lipinski definition) is 0. The summed E-state index contributed by atoms with van der Waals surface area (Å²) in [4.78, 5) is 45.2. The molecule has 0 aromatic carbocycles. The highest BCUT2D eigenvalue weighted by atomic mass is 16.2. The van der Waals surface area contributed by atoms with Crippen LogP contribution in [0.4, 0.5) is 5.82 Å². The van der Waals surface area contributed by atoms with E-state index in [-0.39, 0.29) is 24.3 Å². The van der Waals surface area contributed by atoms with Crippen LogP contribution in [0.15, 0.2) is 24.4 Å². The third-order valence-electron chi connectivity index (χ3n) is 7.08. The average Bonchev–Trinajstić information content (AvgIpc) is 3.24. The van der Waals surface area contributed by atoms with Gasteiger partial charge in [0.05, 0.1) is 18.8 Å². The Labute approximate surface area is 195 Å². The maximum Gasteiger partial charge on any atom is 0.242 e. The smallest absolute Gasteiger partial charge is 0.242 e. The van der Waals surface area contributed by atoms with Crippen molar-refractivity contribution in [2.75, 3.05) is 37.6 Å². The number of aryl methyl sites for hydroxylation is 1. The first-order valence-electron chi connectivity index (χ1n) is 12.2. The van der Waals surface area contributed by atoms with E-state index in [9.17, 15) is 9.59 Å². The minimum absolute atomic E-state index is 0.0430. The maximum absolute atomic E-state index is 12.9. The van der Waals surface area contributed by atoms with Crippen LogP contribution in [0.3, 0.4) is 0 Å². The molecule has 0 radical (unpaired) electrons. The van der Waals surface area contributed by atoms with E-state index in [2.05, 4.69) is 22.9 Å². The molecule has 8 heteroatoms. The highest BCUT2D eigenvalue weighted by Gasteiger charge is 2.31. The van der Waals surface area contributed by atoms with Gasteiger partial charge < -0.3 is 14.7 Å². The number of carbonyl (C=O) groups excluding carboxylic acids is 2. The molecule has 3 aliphatic rings. The molecule has 0 N–H and O–H groups in total. The molecule has 0 saturated carbocycles. The highest BCUT2D eigenvalue weighted by molar-refractivity contribution is 5.86. The number of rotatable bonds is 5. The minimum atomic E-state index is 0.0430. The fourth-order valence-electron chi connectivity index (χ4n) is 5.28. The van der Waals surface area contributed by atoms with Gasteiger partial charge in [-0.3, -0.25) is 14.6 Å². The second-order valence-corrected chi connectivity index (χ2v) is 9.41. The topological polar surface area (TPSA) is 82.5 Å². The van der Waals surface area contributed by atoms with Crippen LogP contribution < -0.4 is 4.90 Å². The van der Waals surface area contributed by atoms with E-state index < -0.39 is 0 Å². The third kappa shape index (κ3) is 4.70. The number of amides is 2. The van der Waals surface area contributed by atoms with Crippen molar-refractivity contribution >= 4 is 17.6 Å². The number of carbonyl (C=O) groups is 2. The average molecular weight is 449 g/mol. The van der Waals surface area contributed by atoms with E-state index in [4.69, 9.17) is 9.97 Å². The van der Waals surface area contributed by atoms with Gasteiger partial charge in [-0.25, -0.2) is 9.97 Å². The van der Waals surface area contributed by atoms with Crippen molar-refractivity contribution in [2.24, 2.45) is 0 Å². The summed E-state index contributed by atoms with van der Waals surface area (Å²) < 4.78 is 0. The fourth-order valence-corrected chi connectivity index (χ4v) is 5.28. The van der Waals surface area contributed by atoms with Crippen molar-refractivity contribution in [3.63, 3.8) is 0 Å². The molecule has 2 amide bonds. The van der Waals surface area contributed by atoms with Crippen LogP contribution in [0.25, 0.3) is 0 Å². The van der Waals surface area contributed by atoms with Crippen LogP contribution in [-0.2, 0) is 22.6 Å². The molecular formula is C25H32N6O2. The molecule has 2 aromatic heterocycles. The number of fused-ring (bicyclic) bond motifs is 1. The molecular weight excluding hydrogens is 416 g/mol. The molecule has 0 unspecified atom stereocenters. The number of aromatic nitrogens is 3. The van der Waals surface area contributed by atoms with Crippen LogP contribution in [0.2, 0.25) is 0 Å². The number of nitrogens with zero attached hydrogens (tertiary/aromatic N) is 6. The van der Waals surface area contributed by atoms with Crippen LogP contribution in [0.1, 0.15) is 60.8 Å². The second-order valence-electron chi connectivity index (χ2n) is 9.41. The molecule has 0 spiro atoms. The molecule has 33 heavy (non-hydrogen) atoms. The molecule has 2 aromatic rings. The lowest BCUT2D eigenvalue weighted by molar-refractivity contribution is -0.139. The Morgan fingerprint density at radius 2 is 1.91 bits per heavy atom. The Bertz CT molecular complexity index is 1030. The van der Waals surface area contributed by atoms with Crippen molar-refractivity contribution in [3.8, 4) is 0 Å². The van der Waals surface area contributed by atoms with Gasteiger partial charge in [0, 0.05) is 56.0 Å². The monoisotopic (exact) mass is 448 g/mol. The number of likely N-dealkylation sites (tertiary alicyclic amines) is 2. The number of piperidine rings is 1. The largest absolute Gasteiger partial charge is 0.350 e. The predicted octanol–water partition coefficient (Wildman–Crippen LogP) is 2.46. The standard InChI is InChI=1S/C25H32N6O2/c1-18-21-9-5-14-31(16-20-8-2-3-11-26-20)25(21)28-24(27-18)19-7-4-12-29(15-19)23(33)17-30-13-6-10-22(30)32/h2-3,8,11,19H,4-7,9-10,12-17H2,1H3/t19-/m1/s1. The van der Waals surface area contributed by atoms with Crippen molar-refractivity contribution in [2.45, 2.75) is 57.9 Å². The zero-order valence-electron chi connectivity index (χ0n) is 19.4. The summed E-state index contributed by atoms with van der Waals surface area (Å²) in [6.07, 6.45) is 7.25. The number of anilines is 1. The lowest BCUT2D eigenvalue weighted by atomic mass is 9.96. The first-order chi connectivity index (χ1) is 16.1. The van der Waals surface area contributed by atoms with Gasteiger partial charge in [-0.15, -0.1) is 0 Å². The minimum Gasteiger partial charge on any atom is -0.350 e. The Morgan fingerprint density at radius 3 is 2.70 bits per heavy atom. The zero-order chi connectivity index (χ0) is 22.8. The lowest BCUT2D eigenvalue weighted by Crippen LogP contribution is -2.45. The van der Waals surface area contributed by atoms with E-state index in [1.165, 1.54) is 5.56 Å². The molecule has 2 saturated heterocycles. The SMILES string of the molecule is Cc1nc([C@@H]2CCCN(C(=O)CN3CCCC3=O)C2)nc2c1CCCN2Cc1ccccn1. The van der Waals surface area contributed by atoms with Crippen molar-refractivity contribution in [1.29, 1.82) is 0 Å². The summed E-state index contributed by atoms with van der Waals surface area (Å²) >= 11 is 0. The van der Waals surface area contributed by atoms with E-state index in [1.807, 2.05) is 23.2 Å². The van der Waals surface area contributed by atoms with Gasteiger partial charge in [-0.2, -0.15) is 0 Å². The Kier molecular flexibility index (Phi) is 6.24. The zero-order valence-corrected chi connectivity index (χ0v) is 19.4. The van der Waals surface area contributed by atoms with Crippen LogP contribution in [0, 0.1) is 6.92 Å². The van der Waals surface area contributed by atoms with E-state index in [0.29, 0.717) is 19.5 Å². The van der Waals surface area contributed by atoms with Gasteiger partial charge in [-0.05, 0) is 51.2 Å². The quantitative estimate of drug-likeness (QED) is 0.699. The first kappa shape index (κ1) is 21.8.